The molecule has 0 radical (unpaired) electrons. The molecule has 0 fully saturated rings. The molecule has 6 heteroatoms. The molecule has 1 N–H and O–H groups in total. The van der Waals surface area contributed by atoms with E-state index in [1.807, 2.05) is 35.2 Å². The predicted octanol–water partition coefficient (Wildman–Crippen LogP) is 2.64. The number of hydrogen-bond acceptors (Lipinski definition) is 4. The summed E-state index contributed by atoms with van der Waals surface area (Å²) in [6, 6.07) is 11.9. The van der Waals surface area contributed by atoms with Crippen molar-refractivity contribution in [3.63, 3.8) is 0 Å². The number of rotatable bonds is 3. The van der Waals surface area contributed by atoms with Gasteiger partial charge in [-0.15, -0.1) is 0 Å². The Labute approximate surface area is 131 Å². The first-order chi connectivity index (χ1) is 10.8. The smallest absolute Gasteiger partial charge is 0.237 e. The molecule has 1 aliphatic heterocycles. The number of para-hydroxylation sites is 1. The van der Waals surface area contributed by atoms with Crippen molar-refractivity contribution in [3.8, 4) is 0 Å². The molecule has 5 nitrogen and oxygen atoms in total. The Balaban J connectivity index is 1.47. The standard InChI is InChI=1S/C16H14N4OS/c21-14(20-9-7-11-4-1-2-6-13(11)20)10-22-16-18-12-5-3-8-17-15(12)19-16/h1-6,8H,7,9-10H2,(H,17,18,19). The number of thioether (sulfide) groups is 1. The van der Waals surface area contributed by atoms with Gasteiger partial charge in [0.05, 0.1) is 11.3 Å². The number of aromatic nitrogens is 3. The van der Waals surface area contributed by atoms with Crippen molar-refractivity contribution in [1.82, 2.24) is 15.0 Å². The van der Waals surface area contributed by atoms with Crippen molar-refractivity contribution in [2.75, 3.05) is 17.2 Å². The van der Waals surface area contributed by atoms with Crippen LogP contribution >= 0.6 is 11.8 Å². The minimum atomic E-state index is 0.114. The Kier molecular flexibility index (Phi) is 3.31. The quantitative estimate of drug-likeness (QED) is 0.756. The summed E-state index contributed by atoms with van der Waals surface area (Å²) in [4.78, 5) is 26.1. The highest BCUT2D eigenvalue weighted by Crippen LogP contribution is 2.28. The van der Waals surface area contributed by atoms with Gasteiger partial charge < -0.3 is 9.88 Å². The van der Waals surface area contributed by atoms with E-state index >= 15 is 0 Å². The minimum absolute atomic E-state index is 0.114. The summed E-state index contributed by atoms with van der Waals surface area (Å²) in [6.45, 7) is 0.764. The second kappa shape index (κ2) is 5.46. The van der Waals surface area contributed by atoms with Gasteiger partial charge in [0.25, 0.3) is 0 Å². The van der Waals surface area contributed by atoms with Crippen LogP contribution in [-0.2, 0) is 11.2 Å². The van der Waals surface area contributed by atoms with Crippen molar-refractivity contribution in [1.29, 1.82) is 0 Å². The minimum Gasteiger partial charge on any atom is -0.332 e. The fraction of sp³-hybridized carbons (Fsp3) is 0.188. The number of carbonyl (C=O) groups excluding carboxylic acids is 1. The average Bonchev–Trinajstić information content (AvgIpc) is 3.16. The number of anilines is 1. The first-order valence-electron chi connectivity index (χ1n) is 7.13. The number of pyridine rings is 1. The van der Waals surface area contributed by atoms with Crippen LogP contribution in [0.5, 0.6) is 0 Å². The zero-order chi connectivity index (χ0) is 14.9. The second-order valence-corrected chi connectivity index (χ2v) is 6.09. The normalized spacial score (nSPS) is 13.5. The van der Waals surface area contributed by atoms with E-state index in [0.29, 0.717) is 11.4 Å². The maximum atomic E-state index is 12.4. The fourth-order valence-electron chi connectivity index (χ4n) is 2.70. The maximum Gasteiger partial charge on any atom is 0.237 e. The summed E-state index contributed by atoms with van der Waals surface area (Å²) in [5.41, 5.74) is 3.86. The third-order valence-corrected chi connectivity index (χ3v) is 4.61. The molecule has 0 aliphatic carbocycles. The molecule has 110 valence electrons. The molecule has 1 aliphatic rings. The van der Waals surface area contributed by atoms with Crippen molar-refractivity contribution >= 4 is 34.5 Å². The number of fused-ring (bicyclic) bond motifs is 2. The van der Waals surface area contributed by atoms with Gasteiger partial charge in [-0.05, 0) is 30.2 Å². The lowest BCUT2D eigenvalue weighted by molar-refractivity contribution is -0.116. The SMILES string of the molecule is O=C(CSc1nc2ncccc2[nH]1)N1CCc2ccccc21. The molecule has 0 spiro atoms. The Morgan fingerprint density at radius 1 is 1.27 bits per heavy atom. The number of nitrogens with zero attached hydrogens (tertiary/aromatic N) is 3. The average molecular weight is 310 g/mol. The summed E-state index contributed by atoms with van der Waals surface area (Å²) in [5, 5.41) is 0.731. The van der Waals surface area contributed by atoms with Crippen molar-refractivity contribution < 1.29 is 4.79 Å². The first kappa shape index (κ1) is 13.3. The fourth-order valence-corrected chi connectivity index (χ4v) is 3.45. The number of imidazole rings is 1. The lowest BCUT2D eigenvalue weighted by Crippen LogP contribution is -2.30. The predicted molar refractivity (Wildman–Crippen MR) is 87.1 cm³/mol. The van der Waals surface area contributed by atoms with Gasteiger partial charge in [-0.3, -0.25) is 4.79 Å². The molecule has 3 heterocycles. The first-order valence-corrected chi connectivity index (χ1v) is 8.11. The Hall–Kier alpha value is -2.34. The molecule has 0 atom stereocenters. The van der Waals surface area contributed by atoms with Gasteiger partial charge in [0.2, 0.25) is 5.91 Å². The van der Waals surface area contributed by atoms with E-state index in [1.165, 1.54) is 17.3 Å². The van der Waals surface area contributed by atoms with Crippen LogP contribution in [0, 0.1) is 0 Å². The van der Waals surface area contributed by atoms with E-state index in [4.69, 9.17) is 0 Å². The monoisotopic (exact) mass is 310 g/mol. The van der Waals surface area contributed by atoms with Crippen LogP contribution in [-0.4, -0.2) is 33.2 Å². The Morgan fingerprint density at radius 3 is 3.09 bits per heavy atom. The third kappa shape index (κ3) is 2.35. The van der Waals surface area contributed by atoms with Gasteiger partial charge in [0.15, 0.2) is 10.8 Å². The van der Waals surface area contributed by atoms with Gasteiger partial charge in [-0.2, -0.15) is 0 Å². The van der Waals surface area contributed by atoms with E-state index in [1.54, 1.807) is 6.20 Å². The summed E-state index contributed by atoms with van der Waals surface area (Å²) >= 11 is 1.42. The van der Waals surface area contributed by atoms with Crippen molar-refractivity contribution in [3.05, 3.63) is 48.2 Å². The van der Waals surface area contributed by atoms with Crippen LogP contribution in [0.4, 0.5) is 5.69 Å². The molecule has 1 aromatic carbocycles. The van der Waals surface area contributed by atoms with E-state index in [-0.39, 0.29) is 5.91 Å². The lowest BCUT2D eigenvalue weighted by atomic mass is 10.2. The highest BCUT2D eigenvalue weighted by molar-refractivity contribution is 7.99. The molecule has 0 bridgehead atoms. The van der Waals surface area contributed by atoms with Gasteiger partial charge >= 0.3 is 0 Å². The number of hydrogen-bond donors (Lipinski definition) is 1. The number of carbonyl (C=O) groups is 1. The third-order valence-electron chi connectivity index (χ3n) is 3.76. The topological polar surface area (TPSA) is 61.9 Å². The number of benzene rings is 1. The van der Waals surface area contributed by atoms with Crippen molar-refractivity contribution in [2.24, 2.45) is 0 Å². The summed E-state index contributed by atoms with van der Waals surface area (Å²) in [6.07, 6.45) is 2.64. The Morgan fingerprint density at radius 2 is 2.18 bits per heavy atom. The van der Waals surface area contributed by atoms with Crippen LogP contribution < -0.4 is 4.90 Å². The molecule has 4 rings (SSSR count). The maximum absolute atomic E-state index is 12.4. The van der Waals surface area contributed by atoms with E-state index < -0.39 is 0 Å². The van der Waals surface area contributed by atoms with Gasteiger partial charge in [0.1, 0.15) is 0 Å². The zero-order valence-corrected chi connectivity index (χ0v) is 12.6. The van der Waals surface area contributed by atoms with Gasteiger partial charge in [0, 0.05) is 18.4 Å². The summed E-state index contributed by atoms with van der Waals surface area (Å²) < 4.78 is 0. The molecule has 0 saturated heterocycles. The number of nitrogens with one attached hydrogen (secondary N) is 1. The molecule has 0 unspecified atom stereocenters. The summed E-state index contributed by atoms with van der Waals surface area (Å²) in [7, 11) is 0. The zero-order valence-electron chi connectivity index (χ0n) is 11.8. The van der Waals surface area contributed by atoms with E-state index in [9.17, 15) is 4.79 Å². The van der Waals surface area contributed by atoms with Gasteiger partial charge in [-0.25, -0.2) is 9.97 Å². The van der Waals surface area contributed by atoms with Crippen LogP contribution in [0.15, 0.2) is 47.8 Å². The molecular formula is C16H14N4OS. The number of H-pyrrole nitrogens is 1. The van der Waals surface area contributed by atoms with E-state index in [0.717, 1.165) is 29.3 Å². The molecule has 1 amide bonds. The molecule has 3 aromatic rings. The van der Waals surface area contributed by atoms with Crippen LogP contribution in [0.1, 0.15) is 5.56 Å². The largest absolute Gasteiger partial charge is 0.332 e. The molecule has 2 aromatic heterocycles. The highest BCUT2D eigenvalue weighted by atomic mass is 32.2. The second-order valence-electron chi connectivity index (χ2n) is 5.13. The lowest BCUT2D eigenvalue weighted by Gasteiger charge is -2.16. The summed E-state index contributed by atoms with van der Waals surface area (Å²) in [5.74, 6) is 0.483. The number of aromatic amines is 1. The van der Waals surface area contributed by atoms with Crippen LogP contribution in [0.3, 0.4) is 0 Å². The van der Waals surface area contributed by atoms with Gasteiger partial charge in [-0.1, -0.05) is 30.0 Å². The molecule has 0 saturated carbocycles. The Bertz CT molecular complexity index is 812. The van der Waals surface area contributed by atoms with Crippen LogP contribution in [0.25, 0.3) is 11.2 Å². The van der Waals surface area contributed by atoms with Crippen molar-refractivity contribution in [2.45, 2.75) is 11.6 Å². The van der Waals surface area contributed by atoms with E-state index in [2.05, 4.69) is 21.0 Å². The molecular weight excluding hydrogens is 296 g/mol. The molecule has 22 heavy (non-hydrogen) atoms. The highest BCUT2D eigenvalue weighted by Gasteiger charge is 2.24. The number of amides is 1. The van der Waals surface area contributed by atoms with Crippen LogP contribution in [0.2, 0.25) is 0 Å².